The summed E-state index contributed by atoms with van der Waals surface area (Å²) in [6.45, 7) is 6.02. The number of rotatable bonds is 8. The molecule has 1 fully saturated rings. The molecule has 1 aliphatic rings. The van der Waals surface area contributed by atoms with E-state index in [0.717, 1.165) is 37.3 Å². The van der Waals surface area contributed by atoms with Crippen LogP contribution in [0.25, 0.3) is 0 Å². The van der Waals surface area contributed by atoms with E-state index in [0.29, 0.717) is 24.5 Å². The zero-order valence-corrected chi connectivity index (χ0v) is 16.2. The fourth-order valence-corrected chi connectivity index (χ4v) is 3.25. The molecule has 6 nitrogen and oxygen atoms in total. The van der Waals surface area contributed by atoms with E-state index in [1.807, 2.05) is 25.3 Å². The largest absolute Gasteiger partial charge is 0.466 e. The third-order valence-corrected chi connectivity index (χ3v) is 4.60. The predicted octanol–water partition coefficient (Wildman–Crippen LogP) is 2.73. The van der Waals surface area contributed by atoms with Crippen LogP contribution in [0, 0.1) is 5.92 Å². The number of piperidine rings is 1. The molecule has 0 N–H and O–H groups in total. The summed E-state index contributed by atoms with van der Waals surface area (Å²) in [6, 6.07) is 3.95. The van der Waals surface area contributed by atoms with Crippen molar-refractivity contribution < 1.29 is 19.1 Å². The Balaban J connectivity index is 1.83. The van der Waals surface area contributed by atoms with Crippen molar-refractivity contribution in [2.75, 3.05) is 31.2 Å². The van der Waals surface area contributed by atoms with E-state index in [1.165, 1.54) is 0 Å². The van der Waals surface area contributed by atoms with Crippen LogP contribution < -0.4 is 4.90 Å². The first-order valence-corrected chi connectivity index (χ1v) is 9.48. The van der Waals surface area contributed by atoms with Crippen molar-refractivity contribution in [3.63, 3.8) is 0 Å². The van der Waals surface area contributed by atoms with E-state index < -0.39 is 0 Å². The number of carbonyl (C=O) groups excluding carboxylic acids is 2. The van der Waals surface area contributed by atoms with E-state index in [2.05, 4.69) is 9.88 Å². The van der Waals surface area contributed by atoms with Gasteiger partial charge in [0.2, 0.25) is 0 Å². The van der Waals surface area contributed by atoms with Crippen molar-refractivity contribution in [2.24, 2.45) is 5.92 Å². The highest BCUT2D eigenvalue weighted by Gasteiger charge is 2.26. The van der Waals surface area contributed by atoms with Crippen LogP contribution in [-0.4, -0.2) is 48.1 Å². The number of esters is 2. The van der Waals surface area contributed by atoms with E-state index in [9.17, 15) is 9.59 Å². The van der Waals surface area contributed by atoms with Gasteiger partial charge in [0, 0.05) is 30.1 Å². The fraction of sp³-hybridized carbons (Fsp3) is 0.579. The molecule has 0 unspecified atom stereocenters. The highest BCUT2D eigenvalue weighted by Crippen LogP contribution is 2.24. The van der Waals surface area contributed by atoms with Crippen LogP contribution in [0.4, 0.5) is 5.69 Å². The van der Waals surface area contributed by atoms with E-state index >= 15 is 0 Å². The number of anilines is 1. The minimum absolute atomic E-state index is 0.00122. The molecule has 26 heavy (non-hydrogen) atoms. The molecule has 0 atom stereocenters. The van der Waals surface area contributed by atoms with Gasteiger partial charge in [-0.25, -0.2) is 0 Å². The van der Waals surface area contributed by atoms with Crippen LogP contribution in [-0.2, 0) is 25.5 Å². The lowest BCUT2D eigenvalue weighted by Gasteiger charge is -2.32. The number of aromatic nitrogens is 1. The summed E-state index contributed by atoms with van der Waals surface area (Å²) in [5.41, 5.74) is 1.87. The van der Waals surface area contributed by atoms with Crippen molar-refractivity contribution in [1.29, 1.82) is 0 Å². The summed E-state index contributed by atoms with van der Waals surface area (Å²) in [5.74, 6) is -0.381. The monoisotopic (exact) mass is 378 g/mol. The number of pyridine rings is 1. The second-order valence-corrected chi connectivity index (χ2v) is 6.80. The number of hydrogen-bond donors (Lipinski definition) is 0. The maximum absolute atomic E-state index is 11.8. The minimum Gasteiger partial charge on any atom is -0.466 e. The van der Waals surface area contributed by atoms with E-state index in [1.54, 1.807) is 6.92 Å². The molecule has 2 rings (SSSR count). The second kappa shape index (κ2) is 10.2. The Hall–Kier alpha value is -2.02. The summed E-state index contributed by atoms with van der Waals surface area (Å²) in [6.07, 6.45) is 4.05. The van der Waals surface area contributed by atoms with Crippen molar-refractivity contribution in [2.45, 2.75) is 39.5 Å². The molecular weight excluding hydrogens is 352 g/mol. The molecular formula is C19H26N2O4S. The molecule has 0 radical (unpaired) electrons. The Morgan fingerprint density at radius 2 is 1.88 bits per heavy atom. The first-order chi connectivity index (χ1) is 12.5. The van der Waals surface area contributed by atoms with E-state index in [-0.39, 0.29) is 24.3 Å². The number of nitrogens with zero attached hydrogens (tertiary/aromatic N) is 2. The highest BCUT2D eigenvalue weighted by atomic mass is 32.1. The third kappa shape index (κ3) is 6.05. The molecule has 1 aromatic rings. The standard InChI is InChI=1S/C19H26N2O4S/c1-3-24-18(22)12-17(26)11-15-5-6-16(13-20-15)21-9-7-14(8-10-21)19(23)25-4-2/h5-6,13-14H,3-4,7-12H2,1-2H3. The molecule has 1 aromatic heterocycles. The van der Waals surface area contributed by atoms with Gasteiger partial charge < -0.3 is 14.4 Å². The molecule has 0 bridgehead atoms. The fourth-order valence-electron chi connectivity index (χ4n) is 2.98. The molecule has 0 spiro atoms. The SMILES string of the molecule is CCOC(=O)CC(=S)Cc1ccc(N2CCC(C(=O)OCC)CC2)cn1. The first-order valence-electron chi connectivity index (χ1n) is 9.07. The summed E-state index contributed by atoms with van der Waals surface area (Å²) in [5, 5.41) is 0. The summed E-state index contributed by atoms with van der Waals surface area (Å²) >= 11 is 5.25. The lowest BCUT2D eigenvalue weighted by Crippen LogP contribution is -2.37. The van der Waals surface area contributed by atoms with Crippen molar-refractivity contribution in [1.82, 2.24) is 4.98 Å². The number of hydrogen-bond acceptors (Lipinski definition) is 7. The summed E-state index contributed by atoms with van der Waals surface area (Å²) < 4.78 is 10.0. The maximum atomic E-state index is 11.8. The van der Waals surface area contributed by atoms with Gasteiger partial charge in [-0.3, -0.25) is 14.6 Å². The Bertz CT molecular complexity index is 625. The van der Waals surface area contributed by atoms with Gasteiger partial charge >= 0.3 is 11.9 Å². The molecule has 0 amide bonds. The quantitative estimate of drug-likeness (QED) is 0.509. The Morgan fingerprint density at radius 1 is 1.19 bits per heavy atom. The summed E-state index contributed by atoms with van der Waals surface area (Å²) in [7, 11) is 0. The molecule has 1 aliphatic heterocycles. The highest BCUT2D eigenvalue weighted by molar-refractivity contribution is 7.80. The second-order valence-electron chi connectivity index (χ2n) is 6.22. The summed E-state index contributed by atoms with van der Waals surface area (Å²) in [4.78, 5) is 30.6. The van der Waals surface area contributed by atoms with E-state index in [4.69, 9.17) is 21.7 Å². The Labute approximate surface area is 159 Å². The van der Waals surface area contributed by atoms with Gasteiger partial charge in [-0.05, 0) is 38.8 Å². The molecule has 0 saturated carbocycles. The third-order valence-electron chi connectivity index (χ3n) is 4.31. The van der Waals surface area contributed by atoms with Gasteiger partial charge in [0.25, 0.3) is 0 Å². The van der Waals surface area contributed by atoms with Crippen LogP contribution in [0.15, 0.2) is 18.3 Å². The topological polar surface area (TPSA) is 68.7 Å². The Kier molecular flexibility index (Phi) is 7.97. The molecule has 0 aromatic carbocycles. The minimum atomic E-state index is -0.293. The molecule has 7 heteroatoms. The van der Waals surface area contributed by atoms with Crippen LogP contribution in [0.3, 0.4) is 0 Å². The van der Waals surface area contributed by atoms with Crippen molar-refractivity contribution in [3.05, 3.63) is 24.0 Å². The van der Waals surface area contributed by atoms with Crippen molar-refractivity contribution >= 4 is 34.7 Å². The lowest BCUT2D eigenvalue weighted by molar-refractivity contribution is -0.148. The molecule has 142 valence electrons. The average Bonchev–Trinajstić information content (AvgIpc) is 2.63. The molecule has 2 heterocycles. The number of carbonyl (C=O) groups is 2. The average molecular weight is 378 g/mol. The van der Waals surface area contributed by atoms with Gasteiger partial charge in [-0.15, -0.1) is 0 Å². The van der Waals surface area contributed by atoms with Gasteiger partial charge in [0.05, 0.1) is 37.4 Å². The molecule has 0 aliphatic carbocycles. The number of thiocarbonyl (C=S) groups is 1. The van der Waals surface area contributed by atoms with Crippen LogP contribution in [0.2, 0.25) is 0 Å². The zero-order chi connectivity index (χ0) is 18.9. The smallest absolute Gasteiger partial charge is 0.310 e. The van der Waals surface area contributed by atoms with Gasteiger partial charge in [0.1, 0.15) is 0 Å². The zero-order valence-electron chi connectivity index (χ0n) is 15.4. The normalized spacial score (nSPS) is 14.8. The van der Waals surface area contributed by atoms with Crippen LogP contribution in [0.5, 0.6) is 0 Å². The molecule has 1 saturated heterocycles. The Morgan fingerprint density at radius 3 is 2.46 bits per heavy atom. The van der Waals surface area contributed by atoms with Crippen molar-refractivity contribution in [3.8, 4) is 0 Å². The van der Waals surface area contributed by atoms with Gasteiger partial charge in [-0.1, -0.05) is 12.2 Å². The van der Waals surface area contributed by atoms with Crippen LogP contribution in [0.1, 0.15) is 38.8 Å². The number of ether oxygens (including phenoxy) is 2. The first kappa shape index (κ1) is 20.3. The van der Waals surface area contributed by atoms with Gasteiger partial charge in [0.15, 0.2) is 0 Å². The lowest BCUT2D eigenvalue weighted by atomic mass is 9.97. The van der Waals surface area contributed by atoms with Crippen LogP contribution >= 0.6 is 12.2 Å². The maximum Gasteiger partial charge on any atom is 0.310 e. The van der Waals surface area contributed by atoms with Gasteiger partial charge in [-0.2, -0.15) is 0 Å². The predicted molar refractivity (Wildman–Crippen MR) is 103 cm³/mol.